The van der Waals surface area contributed by atoms with Crippen molar-refractivity contribution in [2.45, 2.75) is 40.2 Å². The standard InChI is InChI=1S/C15H24ClNO/c1-11(2)17-10-15(3,4)9-12-8-13(16)6-7-14(12)18-5/h6-8,11,17H,9-10H2,1-5H3. The summed E-state index contributed by atoms with van der Waals surface area (Å²) < 4.78 is 5.39. The van der Waals surface area contributed by atoms with Crippen molar-refractivity contribution >= 4 is 11.6 Å². The van der Waals surface area contributed by atoms with E-state index in [2.05, 4.69) is 33.0 Å². The second-order valence-electron chi connectivity index (χ2n) is 5.83. The number of nitrogens with one attached hydrogen (secondary N) is 1. The summed E-state index contributed by atoms with van der Waals surface area (Å²) in [5, 5.41) is 4.25. The maximum Gasteiger partial charge on any atom is 0.122 e. The maximum absolute atomic E-state index is 6.06. The Kier molecular flexibility index (Phi) is 5.48. The second-order valence-corrected chi connectivity index (χ2v) is 6.27. The van der Waals surface area contributed by atoms with E-state index in [4.69, 9.17) is 16.3 Å². The van der Waals surface area contributed by atoms with Crippen molar-refractivity contribution in [2.75, 3.05) is 13.7 Å². The van der Waals surface area contributed by atoms with Gasteiger partial charge in [0.15, 0.2) is 0 Å². The molecule has 1 N–H and O–H groups in total. The Morgan fingerprint density at radius 3 is 2.56 bits per heavy atom. The van der Waals surface area contributed by atoms with Crippen LogP contribution in [0.25, 0.3) is 0 Å². The molecule has 0 fully saturated rings. The molecule has 0 bridgehead atoms. The quantitative estimate of drug-likeness (QED) is 0.845. The van der Waals surface area contributed by atoms with Crippen LogP contribution in [0, 0.1) is 5.41 Å². The number of hydrogen-bond acceptors (Lipinski definition) is 2. The lowest BCUT2D eigenvalue weighted by Gasteiger charge is -2.27. The molecular formula is C15H24ClNO. The summed E-state index contributed by atoms with van der Waals surface area (Å²) in [5.74, 6) is 0.914. The van der Waals surface area contributed by atoms with Gasteiger partial charge in [0.05, 0.1) is 7.11 Å². The van der Waals surface area contributed by atoms with E-state index in [9.17, 15) is 0 Å². The van der Waals surface area contributed by atoms with Gasteiger partial charge in [-0.25, -0.2) is 0 Å². The van der Waals surface area contributed by atoms with Crippen LogP contribution in [-0.2, 0) is 6.42 Å². The minimum Gasteiger partial charge on any atom is -0.496 e. The van der Waals surface area contributed by atoms with E-state index in [-0.39, 0.29) is 5.41 Å². The van der Waals surface area contributed by atoms with Crippen LogP contribution >= 0.6 is 11.6 Å². The minimum atomic E-state index is 0.169. The van der Waals surface area contributed by atoms with E-state index < -0.39 is 0 Å². The molecule has 0 saturated carbocycles. The third-order valence-electron chi connectivity index (χ3n) is 2.90. The molecule has 0 amide bonds. The third-order valence-corrected chi connectivity index (χ3v) is 3.14. The molecule has 0 aromatic heterocycles. The van der Waals surface area contributed by atoms with Gasteiger partial charge in [-0.05, 0) is 35.6 Å². The lowest BCUT2D eigenvalue weighted by Crippen LogP contribution is -2.35. The average molecular weight is 270 g/mol. The van der Waals surface area contributed by atoms with Gasteiger partial charge in [0.25, 0.3) is 0 Å². The number of halogens is 1. The summed E-state index contributed by atoms with van der Waals surface area (Å²) in [6, 6.07) is 6.30. The zero-order valence-electron chi connectivity index (χ0n) is 12.0. The molecule has 102 valence electrons. The first-order valence-corrected chi connectivity index (χ1v) is 6.77. The Bertz CT molecular complexity index is 388. The topological polar surface area (TPSA) is 21.3 Å². The molecule has 0 aliphatic carbocycles. The van der Waals surface area contributed by atoms with Gasteiger partial charge in [0.1, 0.15) is 5.75 Å². The summed E-state index contributed by atoms with van der Waals surface area (Å²) in [4.78, 5) is 0. The molecule has 0 aliphatic heterocycles. The van der Waals surface area contributed by atoms with Crippen molar-refractivity contribution in [2.24, 2.45) is 5.41 Å². The van der Waals surface area contributed by atoms with Crippen LogP contribution in [0.1, 0.15) is 33.3 Å². The SMILES string of the molecule is COc1ccc(Cl)cc1CC(C)(C)CNC(C)C. The Balaban J connectivity index is 2.79. The highest BCUT2D eigenvalue weighted by molar-refractivity contribution is 6.30. The molecule has 3 heteroatoms. The first-order chi connectivity index (χ1) is 8.34. The number of hydrogen-bond donors (Lipinski definition) is 1. The number of ether oxygens (including phenoxy) is 1. The summed E-state index contributed by atoms with van der Waals surface area (Å²) in [6.45, 7) is 9.80. The number of benzene rings is 1. The summed E-state index contributed by atoms with van der Waals surface area (Å²) >= 11 is 6.06. The lowest BCUT2D eigenvalue weighted by atomic mass is 9.85. The lowest BCUT2D eigenvalue weighted by molar-refractivity contribution is 0.318. The molecule has 2 nitrogen and oxygen atoms in total. The molecule has 1 rings (SSSR count). The molecule has 0 radical (unpaired) electrons. The third kappa shape index (κ3) is 4.87. The largest absolute Gasteiger partial charge is 0.496 e. The van der Waals surface area contributed by atoms with Gasteiger partial charge in [-0.15, -0.1) is 0 Å². The van der Waals surface area contributed by atoms with E-state index in [0.29, 0.717) is 6.04 Å². The van der Waals surface area contributed by atoms with Gasteiger partial charge in [-0.2, -0.15) is 0 Å². The Hall–Kier alpha value is -0.730. The van der Waals surface area contributed by atoms with E-state index in [1.54, 1.807) is 7.11 Å². The smallest absolute Gasteiger partial charge is 0.122 e. The van der Waals surface area contributed by atoms with Gasteiger partial charge in [0, 0.05) is 17.6 Å². The first kappa shape index (κ1) is 15.3. The van der Waals surface area contributed by atoms with Crippen LogP contribution < -0.4 is 10.1 Å². The zero-order chi connectivity index (χ0) is 13.8. The fourth-order valence-corrected chi connectivity index (χ4v) is 2.14. The van der Waals surface area contributed by atoms with Crippen LogP contribution in [0.4, 0.5) is 0 Å². The van der Waals surface area contributed by atoms with Crippen LogP contribution in [0.3, 0.4) is 0 Å². The molecule has 0 aliphatic rings. The molecule has 0 saturated heterocycles. The Labute approximate surface area is 116 Å². The van der Waals surface area contributed by atoms with Crippen molar-refractivity contribution in [3.05, 3.63) is 28.8 Å². The summed E-state index contributed by atoms with van der Waals surface area (Å²) in [6.07, 6.45) is 0.941. The normalized spacial score (nSPS) is 11.9. The number of rotatable bonds is 6. The van der Waals surface area contributed by atoms with Crippen molar-refractivity contribution in [3.63, 3.8) is 0 Å². The van der Waals surface area contributed by atoms with E-state index >= 15 is 0 Å². The fourth-order valence-electron chi connectivity index (χ4n) is 1.94. The maximum atomic E-state index is 6.06. The highest BCUT2D eigenvalue weighted by Crippen LogP contribution is 2.29. The first-order valence-electron chi connectivity index (χ1n) is 6.40. The average Bonchev–Trinajstić information content (AvgIpc) is 2.26. The van der Waals surface area contributed by atoms with Crippen LogP contribution in [0.2, 0.25) is 5.02 Å². The molecule has 0 atom stereocenters. The number of methoxy groups -OCH3 is 1. The summed E-state index contributed by atoms with van der Waals surface area (Å²) in [5.41, 5.74) is 1.34. The summed E-state index contributed by atoms with van der Waals surface area (Å²) in [7, 11) is 1.70. The molecule has 1 aromatic carbocycles. The van der Waals surface area contributed by atoms with Crippen LogP contribution in [0.15, 0.2) is 18.2 Å². The van der Waals surface area contributed by atoms with Crippen LogP contribution in [-0.4, -0.2) is 19.7 Å². The predicted octanol–water partition coefficient (Wildman–Crippen LogP) is 3.92. The van der Waals surface area contributed by atoms with Crippen LogP contribution in [0.5, 0.6) is 5.75 Å². The van der Waals surface area contributed by atoms with E-state index in [1.807, 2.05) is 18.2 Å². The molecule has 1 aromatic rings. The van der Waals surface area contributed by atoms with Gasteiger partial charge in [-0.1, -0.05) is 39.3 Å². The molecule has 0 unspecified atom stereocenters. The highest BCUT2D eigenvalue weighted by Gasteiger charge is 2.20. The van der Waals surface area contributed by atoms with Gasteiger partial charge >= 0.3 is 0 Å². The fraction of sp³-hybridized carbons (Fsp3) is 0.600. The van der Waals surface area contributed by atoms with E-state index in [1.165, 1.54) is 5.56 Å². The Morgan fingerprint density at radius 2 is 2.00 bits per heavy atom. The molecule has 18 heavy (non-hydrogen) atoms. The highest BCUT2D eigenvalue weighted by atomic mass is 35.5. The van der Waals surface area contributed by atoms with E-state index in [0.717, 1.165) is 23.7 Å². The van der Waals surface area contributed by atoms with Crippen molar-refractivity contribution in [1.29, 1.82) is 0 Å². The van der Waals surface area contributed by atoms with Gasteiger partial charge in [-0.3, -0.25) is 0 Å². The van der Waals surface area contributed by atoms with Crippen molar-refractivity contribution in [1.82, 2.24) is 5.32 Å². The van der Waals surface area contributed by atoms with Crippen molar-refractivity contribution in [3.8, 4) is 5.75 Å². The predicted molar refractivity (Wildman–Crippen MR) is 78.6 cm³/mol. The minimum absolute atomic E-state index is 0.169. The van der Waals surface area contributed by atoms with Gasteiger partial charge in [0.2, 0.25) is 0 Å². The monoisotopic (exact) mass is 269 g/mol. The zero-order valence-corrected chi connectivity index (χ0v) is 12.8. The second kappa shape index (κ2) is 6.44. The van der Waals surface area contributed by atoms with Crippen molar-refractivity contribution < 1.29 is 4.74 Å². The Morgan fingerprint density at radius 1 is 1.33 bits per heavy atom. The molecular weight excluding hydrogens is 246 g/mol. The molecule has 0 heterocycles. The van der Waals surface area contributed by atoms with Gasteiger partial charge < -0.3 is 10.1 Å². The molecule has 0 spiro atoms.